The average Bonchev–Trinajstić information content (AvgIpc) is 2.74. The van der Waals surface area contributed by atoms with E-state index in [1.165, 1.54) is 0 Å². The fourth-order valence-corrected chi connectivity index (χ4v) is 2.21. The number of nitro groups is 1. The van der Waals surface area contributed by atoms with Crippen LogP contribution in [0.25, 0.3) is 0 Å². The molecule has 2 aromatic rings. The largest absolute Gasteiger partial charge is 0.359 e. The molecule has 0 saturated carbocycles. The molecule has 7 heteroatoms. The Hall–Kier alpha value is -2.44. The first-order valence-corrected chi connectivity index (χ1v) is 6.90. The predicted molar refractivity (Wildman–Crippen MR) is 80.2 cm³/mol. The van der Waals surface area contributed by atoms with Crippen LogP contribution >= 0.6 is 0 Å². The van der Waals surface area contributed by atoms with Crippen molar-refractivity contribution in [2.45, 2.75) is 40.3 Å². The molecule has 0 atom stereocenters. The van der Waals surface area contributed by atoms with Gasteiger partial charge in [-0.3, -0.25) is 15.1 Å². The zero-order valence-corrected chi connectivity index (χ0v) is 12.5. The van der Waals surface area contributed by atoms with Crippen molar-refractivity contribution in [1.29, 1.82) is 0 Å². The van der Waals surface area contributed by atoms with E-state index < -0.39 is 0 Å². The molecule has 0 aliphatic heterocycles. The minimum absolute atomic E-state index is 0.0389. The van der Waals surface area contributed by atoms with Crippen molar-refractivity contribution < 1.29 is 4.92 Å². The monoisotopic (exact) mass is 289 g/mol. The fraction of sp³-hybridized carbons (Fsp3) is 0.429. The predicted octanol–water partition coefficient (Wildman–Crippen LogP) is 2.83. The van der Waals surface area contributed by atoms with Crippen molar-refractivity contribution in [3.8, 4) is 0 Å². The second kappa shape index (κ2) is 6.34. The van der Waals surface area contributed by atoms with Crippen LogP contribution < -0.4 is 5.32 Å². The summed E-state index contributed by atoms with van der Waals surface area (Å²) in [5, 5.41) is 18.6. The highest BCUT2D eigenvalue weighted by molar-refractivity contribution is 5.59. The molecule has 0 aliphatic rings. The van der Waals surface area contributed by atoms with Crippen molar-refractivity contribution in [2.24, 2.45) is 0 Å². The first kappa shape index (κ1) is 15.0. The normalized spacial score (nSPS) is 10.6. The molecule has 1 N–H and O–H groups in total. The van der Waals surface area contributed by atoms with Gasteiger partial charge in [0.1, 0.15) is 5.69 Å². The second-order valence-electron chi connectivity index (χ2n) is 4.88. The minimum Gasteiger partial charge on any atom is -0.359 e. The highest BCUT2D eigenvalue weighted by Crippen LogP contribution is 2.28. The second-order valence-corrected chi connectivity index (χ2v) is 4.88. The Labute approximate surface area is 123 Å². The van der Waals surface area contributed by atoms with Crippen LogP contribution in [0.2, 0.25) is 0 Å². The van der Waals surface area contributed by atoms with Crippen LogP contribution in [0.1, 0.15) is 30.3 Å². The van der Waals surface area contributed by atoms with Crippen molar-refractivity contribution in [1.82, 2.24) is 14.8 Å². The van der Waals surface area contributed by atoms with Gasteiger partial charge in [-0.25, -0.2) is 4.68 Å². The lowest BCUT2D eigenvalue weighted by atomic mass is 10.2. The summed E-state index contributed by atoms with van der Waals surface area (Å²) in [6, 6.07) is 3.83. The van der Waals surface area contributed by atoms with E-state index in [0.29, 0.717) is 24.6 Å². The summed E-state index contributed by atoms with van der Waals surface area (Å²) in [6.07, 6.45) is 2.57. The maximum absolute atomic E-state index is 11.2. The molecule has 0 amide bonds. The summed E-state index contributed by atoms with van der Waals surface area (Å²) in [5.41, 5.74) is 2.38. The van der Waals surface area contributed by atoms with Crippen molar-refractivity contribution in [2.75, 3.05) is 5.32 Å². The Morgan fingerprint density at radius 2 is 2.19 bits per heavy atom. The molecule has 21 heavy (non-hydrogen) atoms. The van der Waals surface area contributed by atoms with E-state index in [1.807, 2.05) is 26.0 Å². The first-order valence-electron chi connectivity index (χ1n) is 6.90. The maximum Gasteiger partial charge on any atom is 0.333 e. The molecule has 0 aromatic carbocycles. The first-order chi connectivity index (χ1) is 10.0. The standard InChI is InChI=1S/C14H19N5O2/c1-4-8-18-14(13(19(20)21)11(3)17-18)16-9-12-10(2)6-5-7-15-12/h5-7,16H,4,8-9H2,1-3H3. The van der Waals surface area contributed by atoms with Gasteiger partial charge >= 0.3 is 5.69 Å². The van der Waals surface area contributed by atoms with Gasteiger partial charge in [0.05, 0.1) is 17.2 Å². The van der Waals surface area contributed by atoms with Crippen LogP contribution in [-0.2, 0) is 13.1 Å². The van der Waals surface area contributed by atoms with Gasteiger partial charge in [0, 0.05) is 12.7 Å². The highest BCUT2D eigenvalue weighted by Gasteiger charge is 2.24. The van der Waals surface area contributed by atoms with E-state index in [4.69, 9.17) is 0 Å². The number of aromatic nitrogens is 3. The zero-order chi connectivity index (χ0) is 15.4. The topological polar surface area (TPSA) is 85.9 Å². The summed E-state index contributed by atoms with van der Waals surface area (Å²) < 4.78 is 1.66. The number of hydrogen-bond donors (Lipinski definition) is 1. The SMILES string of the molecule is CCCn1nc(C)c([N+](=O)[O-])c1NCc1ncccc1C. The van der Waals surface area contributed by atoms with Crippen LogP contribution in [0.15, 0.2) is 18.3 Å². The minimum atomic E-state index is -0.387. The highest BCUT2D eigenvalue weighted by atomic mass is 16.6. The van der Waals surface area contributed by atoms with Crippen LogP contribution in [0.4, 0.5) is 11.5 Å². The quantitative estimate of drug-likeness (QED) is 0.652. The van der Waals surface area contributed by atoms with Crippen LogP contribution in [-0.4, -0.2) is 19.7 Å². The molecule has 2 heterocycles. The number of aryl methyl sites for hydroxylation is 3. The van der Waals surface area contributed by atoms with Gasteiger partial charge in [-0.1, -0.05) is 13.0 Å². The molecule has 0 bridgehead atoms. The van der Waals surface area contributed by atoms with Crippen LogP contribution in [0.3, 0.4) is 0 Å². The number of nitrogens with one attached hydrogen (secondary N) is 1. The van der Waals surface area contributed by atoms with E-state index in [0.717, 1.165) is 17.7 Å². The molecule has 0 spiro atoms. The summed E-state index contributed by atoms with van der Waals surface area (Å²) >= 11 is 0. The zero-order valence-electron chi connectivity index (χ0n) is 12.5. The number of hydrogen-bond acceptors (Lipinski definition) is 5. The van der Waals surface area contributed by atoms with E-state index in [9.17, 15) is 10.1 Å². The van der Waals surface area contributed by atoms with Crippen LogP contribution in [0, 0.1) is 24.0 Å². The Kier molecular flexibility index (Phi) is 4.52. The number of rotatable bonds is 6. The summed E-state index contributed by atoms with van der Waals surface area (Å²) in [6.45, 7) is 6.70. The lowest BCUT2D eigenvalue weighted by molar-refractivity contribution is -0.384. The molecule has 2 rings (SSSR count). The van der Waals surface area contributed by atoms with Gasteiger partial charge in [-0.2, -0.15) is 5.10 Å². The van der Waals surface area contributed by atoms with Crippen molar-refractivity contribution >= 4 is 11.5 Å². The molecule has 112 valence electrons. The van der Waals surface area contributed by atoms with Gasteiger partial charge < -0.3 is 5.32 Å². The Morgan fingerprint density at radius 1 is 1.43 bits per heavy atom. The fourth-order valence-electron chi connectivity index (χ4n) is 2.21. The van der Waals surface area contributed by atoms with Crippen molar-refractivity contribution in [3.63, 3.8) is 0 Å². The average molecular weight is 289 g/mol. The Balaban J connectivity index is 2.29. The molecule has 7 nitrogen and oxygen atoms in total. The van der Waals surface area contributed by atoms with Gasteiger partial charge in [0.2, 0.25) is 5.82 Å². The molecule has 0 fully saturated rings. The lowest BCUT2D eigenvalue weighted by Gasteiger charge is -2.09. The molecular formula is C14H19N5O2. The van der Waals surface area contributed by atoms with Crippen LogP contribution in [0.5, 0.6) is 0 Å². The lowest BCUT2D eigenvalue weighted by Crippen LogP contribution is -2.10. The number of nitrogens with zero attached hydrogens (tertiary/aromatic N) is 4. The van der Waals surface area contributed by atoms with Gasteiger partial charge in [0.25, 0.3) is 0 Å². The summed E-state index contributed by atoms with van der Waals surface area (Å²) in [5.74, 6) is 0.449. The van der Waals surface area contributed by atoms with E-state index in [2.05, 4.69) is 15.4 Å². The molecule has 2 aromatic heterocycles. The Morgan fingerprint density at radius 3 is 2.81 bits per heavy atom. The van der Waals surface area contributed by atoms with E-state index in [1.54, 1.807) is 17.8 Å². The molecule has 0 radical (unpaired) electrons. The van der Waals surface area contributed by atoms with E-state index in [-0.39, 0.29) is 10.6 Å². The number of anilines is 1. The molecule has 0 saturated heterocycles. The Bertz CT molecular complexity index is 651. The van der Waals surface area contributed by atoms with Gasteiger partial charge in [-0.15, -0.1) is 0 Å². The smallest absolute Gasteiger partial charge is 0.333 e. The van der Waals surface area contributed by atoms with Crippen molar-refractivity contribution in [3.05, 3.63) is 45.4 Å². The molecular weight excluding hydrogens is 270 g/mol. The third kappa shape index (κ3) is 3.18. The molecule has 0 aliphatic carbocycles. The third-order valence-electron chi connectivity index (χ3n) is 3.25. The number of pyridine rings is 1. The summed E-state index contributed by atoms with van der Waals surface area (Å²) in [4.78, 5) is 15.1. The third-order valence-corrected chi connectivity index (χ3v) is 3.25. The maximum atomic E-state index is 11.2. The van der Waals surface area contributed by atoms with E-state index >= 15 is 0 Å². The molecule has 0 unspecified atom stereocenters. The summed E-state index contributed by atoms with van der Waals surface area (Å²) in [7, 11) is 0. The van der Waals surface area contributed by atoms with Gasteiger partial charge in [-0.05, 0) is 31.9 Å². The van der Waals surface area contributed by atoms with Gasteiger partial charge in [0.15, 0.2) is 0 Å².